The van der Waals surface area contributed by atoms with Crippen LogP contribution < -0.4 is 5.73 Å². The van der Waals surface area contributed by atoms with Crippen molar-refractivity contribution in [2.45, 2.75) is 9.59 Å². The van der Waals surface area contributed by atoms with Crippen LogP contribution in [-0.4, -0.2) is 20.9 Å². The number of nitrogens with two attached hydrogens (primary N) is 1. The number of nitrogens with zero attached hydrogens (tertiary/aromatic N) is 3. The van der Waals surface area contributed by atoms with Crippen molar-refractivity contribution in [1.82, 2.24) is 14.3 Å². The summed E-state index contributed by atoms with van der Waals surface area (Å²) in [7, 11) is 0. The standard InChI is InChI=1S/C9H10N4S2/c10-5-8(7-1-3-11-4-2-7)14-9-12-6-13-15-9/h1-4,6,8H,5,10H2. The van der Waals surface area contributed by atoms with E-state index in [-0.39, 0.29) is 5.25 Å². The number of aromatic nitrogens is 3. The lowest BCUT2D eigenvalue weighted by Crippen LogP contribution is -2.09. The first kappa shape index (κ1) is 10.5. The molecular weight excluding hydrogens is 228 g/mol. The third-order valence-electron chi connectivity index (χ3n) is 1.88. The number of rotatable bonds is 4. The summed E-state index contributed by atoms with van der Waals surface area (Å²) in [6.07, 6.45) is 5.12. The summed E-state index contributed by atoms with van der Waals surface area (Å²) >= 11 is 3.03. The molecule has 0 aliphatic rings. The van der Waals surface area contributed by atoms with Crippen LogP contribution in [0.5, 0.6) is 0 Å². The van der Waals surface area contributed by atoms with Gasteiger partial charge in [-0.25, -0.2) is 4.98 Å². The Labute approximate surface area is 96.1 Å². The summed E-state index contributed by atoms with van der Waals surface area (Å²) in [6.45, 7) is 0.578. The fourth-order valence-corrected chi connectivity index (χ4v) is 2.84. The number of hydrogen-bond donors (Lipinski definition) is 1. The van der Waals surface area contributed by atoms with Gasteiger partial charge in [0.1, 0.15) is 6.33 Å². The van der Waals surface area contributed by atoms with E-state index in [1.165, 1.54) is 17.1 Å². The van der Waals surface area contributed by atoms with Gasteiger partial charge in [0.25, 0.3) is 0 Å². The highest BCUT2D eigenvalue weighted by molar-refractivity contribution is 8.01. The van der Waals surface area contributed by atoms with Gasteiger partial charge in [0.15, 0.2) is 4.34 Å². The lowest BCUT2D eigenvalue weighted by Gasteiger charge is -2.11. The van der Waals surface area contributed by atoms with E-state index in [9.17, 15) is 0 Å². The van der Waals surface area contributed by atoms with Gasteiger partial charge < -0.3 is 5.73 Å². The molecule has 78 valence electrons. The maximum absolute atomic E-state index is 5.74. The molecule has 15 heavy (non-hydrogen) atoms. The van der Waals surface area contributed by atoms with Crippen LogP contribution in [0, 0.1) is 0 Å². The summed E-state index contributed by atoms with van der Waals surface area (Å²) in [6, 6.07) is 3.96. The van der Waals surface area contributed by atoms with Gasteiger partial charge in [0.2, 0.25) is 0 Å². The number of hydrogen-bond acceptors (Lipinski definition) is 6. The van der Waals surface area contributed by atoms with Gasteiger partial charge in [0.05, 0.1) is 0 Å². The minimum Gasteiger partial charge on any atom is -0.329 e. The van der Waals surface area contributed by atoms with Gasteiger partial charge in [-0.2, -0.15) is 4.37 Å². The van der Waals surface area contributed by atoms with Gasteiger partial charge in [0, 0.05) is 24.2 Å². The lowest BCUT2D eigenvalue weighted by atomic mass is 10.2. The Kier molecular flexibility index (Phi) is 3.65. The van der Waals surface area contributed by atoms with Crippen LogP contribution in [0.3, 0.4) is 0 Å². The van der Waals surface area contributed by atoms with Crippen molar-refractivity contribution in [2.24, 2.45) is 5.73 Å². The summed E-state index contributed by atoms with van der Waals surface area (Å²) < 4.78 is 4.91. The molecule has 0 radical (unpaired) electrons. The Balaban J connectivity index is 2.12. The molecule has 0 saturated carbocycles. The van der Waals surface area contributed by atoms with Crippen LogP contribution in [0.1, 0.15) is 10.8 Å². The molecule has 0 aliphatic carbocycles. The zero-order valence-corrected chi connectivity index (χ0v) is 9.54. The van der Waals surface area contributed by atoms with Gasteiger partial charge >= 0.3 is 0 Å². The summed E-state index contributed by atoms with van der Waals surface area (Å²) in [5, 5.41) is 0.223. The van der Waals surface area contributed by atoms with Crippen LogP contribution in [-0.2, 0) is 0 Å². The third kappa shape index (κ3) is 2.74. The Hall–Kier alpha value is -0.980. The van der Waals surface area contributed by atoms with E-state index in [2.05, 4.69) is 14.3 Å². The van der Waals surface area contributed by atoms with Crippen molar-refractivity contribution in [3.05, 3.63) is 36.4 Å². The molecular formula is C9H10N4S2. The highest BCUT2D eigenvalue weighted by Crippen LogP contribution is 2.34. The Morgan fingerprint density at radius 3 is 2.80 bits per heavy atom. The summed E-state index contributed by atoms with van der Waals surface area (Å²) in [4.78, 5) is 8.11. The second-order valence-corrected chi connectivity index (χ2v) is 5.06. The maximum atomic E-state index is 5.74. The average Bonchev–Trinajstić information content (AvgIpc) is 2.80. The molecule has 0 saturated heterocycles. The predicted molar refractivity (Wildman–Crippen MR) is 61.8 cm³/mol. The molecule has 6 heteroatoms. The van der Waals surface area contributed by atoms with Crippen LogP contribution in [0.4, 0.5) is 0 Å². The average molecular weight is 238 g/mol. The largest absolute Gasteiger partial charge is 0.329 e. The van der Waals surface area contributed by atoms with Crippen LogP contribution in [0.15, 0.2) is 35.2 Å². The molecule has 0 bridgehead atoms. The summed E-state index contributed by atoms with van der Waals surface area (Å²) in [5.74, 6) is 0. The smallest absolute Gasteiger partial charge is 0.170 e. The topological polar surface area (TPSA) is 64.7 Å². The van der Waals surface area contributed by atoms with Crippen LogP contribution in [0.25, 0.3) is 0 Å². The van der Waals surface area contributed by atoms with E-state index < -0.39 is 0 Å². The van der Waals surface area contributed by atoms with E-state index in [0.29, 0.717) is 6.54 Å². The Bertz CT molecular complexity index is 390. The molecule has 2 aromatic heterocycles. The lowest BCUT2D eigenvalue weighted by molar-refractivity contribution is 0.935. The molecule has 2 N–H and O–H groups in total. The molecule has 0 spiro atoms. The van der Waals surface area contributed by atoms with Crippen molar-refractivity contribution in [3.8, 4) is 0 Å². The van der Waals surface area contributed by atoms with Gasteiger partial charge in [-0.3, -0.25) is 4.98 Å². The maximum Gasteiger partial charge on any atom is 0.170 e. The number of thioether (sulfide) groups is 1. The van der Waals surface area contributed by atoms with Crippen molar-refractivity contribution >= 4 is 23.3 Å². The predicted octanol–water partition coefficient (Wildman–Crippen LogP) is 1.73. The molecule has 2 rings (SSSR count). The minimum absolute atomic E-state index is 0.223. The molecule has 1 unspecified atom stereocenters. The minimum atomic E-state index is 0.223. The van der Waals surface area contributed by atoms with Crippen molar-refractivity contribution in [1.29, 1.82) is 0 Å². The van der Waals surface area contributed by atoms with E-state index >= 15 is 0 Å². The summed E-state index contributed by atoms with van der Waals surface area (Å²) in [5.41, 5.74) is 6.91. The second kappa shape index (κ2) is 5.20. The van der Waals surface area contributed by atoms with E-state index in [4.69, 9.17) is 5.73 Å². The first-order chi connectivity index (χ1) is 7.40. The van der Waals surface area contributed by atoms with Gasteiger partial charge in [-0.15, -0.1) is 0 Å². The van der Waals surface area contributed by atoms with Crippen molar-refractivity contribution in [2.75, 3.05) is 6.54 Å². The van der Waals surface area contributed by atoms with Crippen LogP contribution >= 0.6 is 23.3 Å². The van der Waals surface area contributed by atoms with Crippen LogP contribution in [0.2, 0.25) is 0 Å². The highest BCUT2D eigenvalue weighted by Gasteiger charge is 2.12. The van der Waals surface area contributed by atoms with E-state index in [0.717, 1.165) is 4.34 Å². The van der Waals surface area contributed by atoms with E-state index in [1.54, 1.807) is 30.5 Å². The van der Waals surface area contributed by atoms with Crippen molar-refractivity contribution in [3.63, 3.8) is 0 Å². The molecule has 0 fully saturated rings. The fraction of sp³-hybridized carbons (Fsp3) is 0.222. The third-order valence-corrected chi connectivity index (χ3v) is 3.91. The van der Waals surface area contributed by atoms with Crippen molar-refractivity contribution < 1.29 is 0 Å². The molecule has 1 atom stereocenters. The first-order valence-corrected chi connectivity index (χ1v) is 6.09. The number of pyridine rings is 1. The normalized spacial score (nSPS) is 12.6. The molecule has 0 amide bonds. The zero-order chi connectivity index (χ0) is 10.5. The Morgan fingerprint density at radius 2 is 2.20 bits per heavy atom. The molecule has 2 heterocycles. The second-order valence-electron chi connectivity index (χ2n) is 2.83. The molecule has 2 aromatic rings. The molecule has 0 aliphatic heterocycles. The quantitative estimate of drug-likeness (QED) is 0.822. The first-order valence-electron chi connectivity index (χ1n) is 4.43. The van der Waals surface area contributed by atoms with Gasteiger partial charge in [-0.1, -0.05) is 11.8 Å². The SMILES string of the molecule is NCC(Sc1ncns1)c1ccncc1. The Morgan fingerprint density at radius 1 is 1.40 bits per heavy atom. The monoisotopic (exact) mass is 238 g/mol. The highest BCUT2D eigenvalue weighted by atomic mass is 32.2. The molecule has 4 nitrogen and oxygen atoms in total. The zero-order valence-electron chi connectivity index (χ0n) is 7.91. The molecule has 0 aromatic carbocycles. The van der Waals surface area contributed by atoms with E-state index in [1.807, 2.05) is 12.1 Å². The fourth-order valence-electron chi connectivity index (χ4n) is 1.17. The van der Waals surface area contributed by atoms with Gasteiger partial charge in [-0.05, 0) is 29.2 Å².